The van der Waals surface area contributed by atoms with Gasteiger partial charge in [-0.1, -0.05) is 30.3 Å². The molecule has 1 rings (SSSR count). The Hall–Kier alpha value is -0.950. The third-order valence-corrected chi connectivity index (χ3v) is 4.16. The summed E-state index contributed by atoms with van der Waals surface area (Å²) in [6.45, 7) is 1.50. The van der Waals surface area contributed by atoms with Gasteiger partial charge in [0.1, 0.15) is 0 Å². The Balaban J connectivity index is 2.13. The first-order chi connectivity index (χ1) is 9.49. The van der Waals surface area contributed by atoms with E-state index in [0.717, 1.165) is 19.4 Å². The van der Waals surface area contributed by atoms with E-state index < -0.39 is 10.0 Å². The first-order valence-corrected chi connectivity index (χ1v) is 8.56. The molecule has 0 amide bonds. The minimum absolute atomic E-state index is 0.166. The maximum Gasteiger partial charge on any atom is 0.224 e. The van der Waals surface area contributed by atoms with E-state index in [-0.39, 0.29) is 5.75 Å². The van der Waals surface area contributed by atoms with Crippen LogP contribution in [0.25, 0.3) is 0 Å². The van der Waals surface area contributed by atoms with E-state index in [0.29, 0.717) is 13.0 Å². The molecule has 0 fully saturated rings. The summed E-state index contributed by atoms with van der Waals surface area (Å²) in [5.74, 6) is 0.166. The highest BCUT2D eigenvalue weighted by molar-refractivity contribution is 7.89. The fourth-order valence-corrected chi connectivity index (χ4v) is 2.79. The minimum atomic E-state index is -3.21. The van der Waals surface area contributed by atoms with Crippen LogP contribution in [0.2, 0.25) is 0 Å². The lowest BCUT2D eigenvalue weighted by Gasteiger charge is -2.10. The van der Waals surface area contributed by atoms with Crippen molar-refractivity contribution >= 4 is 10.0 Å². The summed E-state index contributed by atoms with van der Waals surface area (Å²) in [5, 5.41) is 0. The highest BCUT2D eigenvalue weighted by atomic mass is 32.2. The predicted octanol–water partition coefficient (Wildman–Crippen LogP) is 0.995. The van der Waals surface area contributed by atoms with Crippen LogP contribution in [0.3, 0.4) is 0 Å². The second kappa shape index (κ2) is 9.07. The van der Waals surface area contributed by atoms with Gasteiger partial charge in [-0.3, -0.25) is 0 Å². The van der Waals surface area contributed by atoms with Crippen molar-refractivity contribution in [2.24, 2.45) is 0 Å². The molecule has 20 heavy (non-hydrogen) atoms. The van der Waals surface area contributed by atoms with Gasteiger partial charge in [0.25, 0.3) is 0 Å². The molecular formula is C14H25N3O2S. The van der Waals surface area contributed by atoms with Gasteiger partial charge in [-0.2, -0.15) is 4.83 Å². The Morgan fingerprint density at radius 1 is 1.10 bits per heavy atom. The van der Waals surface area contributed by atoms with E-state index in [1.807, 2.05) is 44.4 Å². The van der Waals surface area contributed by atoms with E-state index in [9.17, 15) is 8.42 Å². The molecule has 0 unspecified atom stereocenters. The SMILES string of the molecule is CN(C)CCCCS(=O)(=O)NNCCc1ccccc1. The smallest absolute Gasteiger partial charge is 0.224 e. The molecule has 0 radical (unpaired) electrons. The molecule has 1 aromatic rings. The van der Waals surface area contributed by atoms with Gasteiger partial charge in [0, 0.05) is 6.54 Å². The maximum atomic E-state index is 11.7. The molecule has 0 heterocycles. The molecule has 5 nitrogen and oxygen atoms in total. The molecule has 0 atom stereocenters. The molecule has 0 aliphatic carbocycles. The lowest BCUT2D eigenvalue weighted by Crippen LogP contribution is -2.40. The molecule has 0 aromatic heterocycles. The number of hydrogen-bond acceptors (Lipinski definition) is 4. The zero-order valence-corrected chi connectivity index (χ0v) is 13.1. The maximum absolute atomic E-state index is 11.7. The van der Waals surface area contributed by atoms with E-state index in [4.69, 9.17) is 0 Å². The minimum Gasteiger partial charge on any atom is -0.309 e. The van der Waals surface area contributed by atoms with Crippen molar-refractivity contribution in [3.8, 4) is 0 Å². The summed E-state index contributed by atoms with van der Waals surface area (Å²) >= 11 is 0. The molecule has 0 aliphatic heterocycles. The number of unbranched alkanes of at least 4 members (excludes halogenated alkanes) is 1. The number of nitrogens with one attached hydrogen (secondary N) is 2. The Bertz CT molecular complexity index is 461. The number of nitrogens with zero attached hydrogens (tertiary/aromatic N) is 1. The molecule has 114 valence electrons. The second-order valence-corrected chi connectivity index (χ2v) is 6.94. The fourth-order valence-electron chi connectivity index (χ4n) is 1.78. The van der Waals surface area contributed by atoms with Crippen LogP contribution in [0, 0.1) is 0 Å². The van der Waals surface area contributed by atoms with Crippen molar-refractivity contribution in [2.45, 2.75) is 19.3 Å². The highest BCUT2D eigenvalue weighted by Crippen LogP contribution is 1.98. The number of hydrazine groups is 1. The first kappa shape index (κ1) is 17.1. The van der Waals surface area contributed by atoms with Crippen LogP contribution in [0.15, 0.2) is 30.3 Å². The van der Waals surface area contributed by atoms with Gasteiger partial charge in [-0.05, 0) is 45.5 Å². The molecule has 6 heteroatoms. The van der Waals surface area contributed by atoms with Gasteiger partial charge in [0.05, 0.1) is 5.75 Å². The number of sulfonamides is 1. The third kappa shape index (κ3) is 8.27. The van der Waals surface area contributed by atoms with Gasteiger partial charge >= 0.3 is 0 Å². The Kier molecular flexibility index (Phi) is 7.76. The van der Waals surface area contributed by atoms with Crippen molar-refractivity contribution in [1.82, 2.24) is 15.2 Å². The highest BCUT2D eigenvalue weighted by Gasteiger charge is 2.08. The van der Waals surface area contributed by atoms with Crippen LogP contribution in [0.1, 0.15) is 18.4 Å². The van der Waals surface area contributed by atoms with Crippen LogP contribution >= 0.6 is 0 Å². The quantitative estimate of drug-likeness (QED) is 0.500. The largest absolute Gasteiger partial charge is 0.309 e. The summed E-state index contributed by atoms with van der Waals surface area (Å²) in [6, 6.07) is 9.97. The van der Waals surface area contributed by atoms with E-state index >= 15 is 0 Å². The van der Waals surface area contributed by atoms with Gasteiger partial charge in [-0.25, -0.2) is 13.8 Å². The Morgan fingerprint density at radius 2 is 1.80 bits per heavy atom. The van der Waals surface area contributed by atoms with Crippen LogP contribution < -0.4 is 10.3 Å². The second-order valence-electron chi connectivity index (χ2n) is 5.09. The summed E-state index contributed by atoms with van der Waals surface area (Å²) in [4.78, 5) is 4.48. The average molecular weight is 299 g/mol. The Labute approximate surface area is 122 Å². The monoisotopic (exact) mass is 299 g/mol. The van der Waals surface area contributed by atoms with E-state index in [1.165, 1.54) is 5.56 Å². The lowest BCUT2D eigenvalue weighted by molar-refractivity contribution is 0.397. The molecule has 0 bridgehead atoms. The van der Waals surface area contributed by atoms with E-state index in [1.54, 1.807) is 0 Å². The van der Waals surface area contributed by atoms with Crippen molar-refractivity contribution in [3.63, 3.8) is 0 Å². The summed E-state index contributed by atoms with van der Waals surface area (Å²) < 4.78 is 23.4. The lowest BCUT2D eigenvalue weighted by atomic mass is 10.2. The van der Waals surface area contributed by atoms with Crippen LogP contribution in [-0.2, 0) is 16.4 Å². The number of benzene rings is 1. The standard InChI is InChI=1S/C14H25N3O2S/c1-17(2)12-6-7-13-20(18,19)16-15-11-10-14-8-4-3-5-9-14/h3-5,8-9,15-16H,6-7,10-13H2,1-2H3. The van der Waals surface area contributed by atoms with Crippen LogP contribution in [-0.4, -0.2) is 46.3 Å². The zero-order chi connectivity index (χ0) is 14.8. The van der Waals surface area contributed by atoms with Gasteiger partial charge < -0.3 is 4.90 Å². The van der Waals surface area contributed by atoms with Crippen molar-refractivity contribution in [2.75, 3.05) is 32.9 Å². The molecule has 0 saturated carbocycles. The summed E-state index contributed by atoms with van der Waals surface area (Å²) in [6.07, 6.45) is 2.36. The Morgan fingerprint density at radius 3 is 2.45 bits per heavy atom. The molecular weight excluding hydrogens is 274 g/mol. The van der Waals surface area contributed by atoms with Crippen molar-refractivity contribution in [1.29, 1.82) is 0 Å². The van der Waals surface area contributed by atoms with Gasteiger partial charge in [0.15, 0.2) is 0 Å². The molecule has 2 N–H and O–H groups in total. The molecule has 0 saturated heterocycles. The number of hydrogen-bond donors (Lipinski definition) is 2. The van der Waals surface area contributed by atoms with Crippen molar-refractivity contribution in [3.05, 3.63) is 35.9 Å². The van der Waals surface area contributed by atoms with Crippen LogP contribution in [0.5, 0.6) is 0 Å². The number of rotatable bonds is 10. The van der Waals surface area contributed by atoms with Crippen LogP contribution in [0.4, 0.5) is 0 Å². The topological polar surface area (TPSA) is 61.4 Å². The summed E-state index contributed by atoms with van der Waals surface area (Å²) in [7, 11) is 0.754. The van der Waals surface area contributed by atoms with Gasteiger partial charge in [-0.15, -0.1) is 0 Å². The predicted molar refractivity (Wildman–Crippen MR) is 82.9 cm³/mol. The first-order valence-electron chi connectivity index (χ1n) is 6.90. The normalized spacial score (nSPS) is 11.9. The molecule has 1 aromatic carbocycles. The zero-order valence-electron chi connectivity index (χ0n) is 12.3. The summed E-state index contributed by atoms with van der Waals surface area (Å²) in [5.41, 5.74) is 3.96. The third-order valence-electron chi connectivity index (χ3n) is 2.88. The molecule has 0 spiro atoms. The van der Waals surface area contributed by atoms with Crippen molar-refractivity contribution < 1.29 is 8.42 Å². The van der Waals surface area contributed by atoms with Gasteiger partial charge in [0.2, 0.25) is 10.0 Å². The van der Waals surface area contributed by atoms with E-state index in [2.05, 4.69) is 15.2 Å². The average Bonchev–Trinajstić information content (AvgIpc) is 2.41. The molecule has 0 aliphatic rings. The fraction of sp³-hybridized carbons (Fsp3) is 0.571.